The Morgan fingerprint density at radius 1 is 1.23 bits per heavy atom. The van der Waals surface area contributed by atoms with Crippen molar-refractivity contribution in [1.82, 2.24) is 24.9 Å². The summed E-state index contributed by atoms with van der Waals surface area (Å²) in [5, 5.41) is 13.0. The standard InChI is InChI=1S/C17H21N5/c1-21-17-5-3-2-4-15(17)16(20-21)12-22-8-6-13(7-9-22)14-10-18-19-11-14/h2-5,10-11,13H,6-9,12H2,1H3,(H,18,19). The van der Waals surface area contributed by atoms with Gasteiger partial charge in [-0.2, -0.15) is 10.2 Å². The van der Waals surface area contributed by atoms with Gasteiger partial charge >= 0.3 is 0 Å². The number of para-hydroxylation sites is 1. The van der Waals surface area contributed by atoms with Crippen LogP contribution >= 0.6 is 0 Å². The largest absolute Gasteiger partial charge is 0.297 e. The molecule has 0 unspecified atom stereocenters. The zero-order valence-corrected chi connectivity index (χ0v) is 12.9. The third-order valence-electron chi connectivity index (χ3n) is 4.79. The van der Waals surface area contributed by atoms with Crippen LogP contribution in [0.15, 0.2) is 36.7 Å². The second-order valence-electron chi connectivity index (χ2n) is 6.17. The minimum Gasteiger partial charge on any atom is -0.297 e. The minimum atomic E-state index is 0.649. The number of piperidine rings is 1. The Morgan fingerprint density at radius 3 is 2.82 bits per heavy atom. The topological polar surface area (TPSA) is 49.7 Å². The maximum Gasteiger partial charge on any atom is 0.0843 e. The van der Waals surface area contributed by atoms with E-state index in [1.807, 2.05) is 24.1 Å². The van der Waals surface area contributed by atoms with Gasteiger partial charge in [0, 0.05) is 25.2 Å². The number of fused-ring (bicyclic) bond motifs is 1. The fourth-order valence-corrected chi connectivity index (χ4v) is 3.53. The number of hydrogen-bond donors (Lipinski definition) is 1. The predicted octanol–water partition coefficient (Wildman–Crippen LogP) is 2.68. The second-order valence-corrected chi connectivity index (χ2v) is 6.17. The van der Waals surface area contributed by atoms with Gasteiger partial charge in [0.25, 0.3) is 0 Å². The van der Waals surface area contributed by atoms with Crippen LogP contribution in [0.5, 0.6) is 0 Å². The molecule has 5 heteroatoms. The van der Waals surface area contributed by atoms with Crippen molar-refractivity contribution >= 4 is 10.9 Å². The molecule has 0 aliphatic carbocycles. The zero-order chi connectivity index (χ0) is 14.9. The molecule has 0 atom stereocenters. The van der Waals surface area contributed by atoms with Gasteiger partial charge in [0.2, 0.25) is 0 Å². The predicted molar refractivity (Wildman–Crippen MR) is 86.6 cm³/mol. The van der Waals surface area contributed by atoms with E-state index in [2.05, 4.69) is 39.4 Å². The normalized spacial score (nSPS) is 17.3. The van der Waals surface area contributed by atoms with Crippen LogP contribution in [0.25, 0.3) is 10.9 Å². The summed E-state index contributed by atoms with van der Waals surface area (Å²) >= 11 is 0. The van der Waals surface area contributed by atoms with E-state index in [0.717, 1.165) is 19.6 Å². The Kier molecular flexibility index (Phi) is 3.42. The van der Waals surface area contributed by atoms with Gasteiger partial charge in [0.15, 0.2) is 0 Å². The number of hydrogen-bond acceptors (Lipinski definition) is 3. The molecule has 5 nitrogen and oxygen atoms in total. The Labute approximate surface area is 129 Å². The zero-order valence-electron chi connectivity index (χ0n) is 12.9. The van der Waals surface area contributed by atoms with Crippen LogP contribution in [0.3, 0.4) is 0 Å². The van der Waals surface area contributed by atoms with Gasteiger partial charge in [-0.25, -0.2) is 0 Å². The van der Waals surface area contributed by atoms with E-state index < -0.39 is 0 Å². The molecule has 1 aliphatic rings. The van der Waals surface area contributed by atoms with E-state index in [9.17, 15) is 0 Å². The summed E-state index contributed by atoms with van der Waals surface area (Å²) in [4.78, 5) is 2.52. The first kappa shape index (κ1) is 13.5. The number of aromatic amines is 1. The van der Waals surface area contributed by atoms with Crippen molar-refractivity contribution in [3.8, 4) is 0 Å². The van der Waals surface area contributed by atoms with E-state index in [1.165, 1.54) is 35.0 Å². The first-order valence-corrected chi connectivity index (χ1v) is 7.93. The lowest BCUT2D eigenvalue weighted by Gasteiger charge is -2.31. The molecule has 114 valence electrons. The number of nitrogens with zero attached hydrogens (tertiary/aromatic N) is 4. The van der Waals surface area contributed by atoms with Crippen molar-refractivity contribution in [2.24, 2.45) is 7.05 Å². The third-order valence-corrected chi connectivity index (χ3v) is 4.79. The van der Waals surface area contributed by atoms with E-state index in [4.69, 9.17) is 5.10 Å². The molecule has 22 heavy (non-hydrogen) atoms. The van der Waals surface area contributed by atoms with Crippen molar-refractivity contribution in [3.63, 3.8) is 0 Å². The summed E-state index contributed by atoms with van der Waals surface area (Å²) in [6.07, 6.45) is 6.40. The number of nitrogens with one attached hydrogen (secondary N) is 1. The highest BCUT2D eigenvalue weighted by atomic mass is 15.3. The lowest BCUT2D eigenvalue weighted by molar-refractivity contribution is 0.203. The summed E-state index contributed by atoms with van der Waals surface area (Å²) in [5.41, 5.74) is 3.76. The molecule has 1 saturated heterocycles. The lowest BCUT2D eigenvalue weighted by Crippen LogP contribution is -2.32. The quantitative estimate of drug-likeness (QED) is 0.808. The number of H-pyrrole nitrogens is 1. The Bertz CT molecular complexity index is 751. The molecular formula is C17H21N5. The summed E-state index contributed by atoms with van der Waals surface area (Å²) in [7, 11) is 2.02. The molecule has 0 spiro atoms. The highest BCUT2D eigenvalue weighted by molar-refractivity contribution is 5.81. The molecule has 2 aromatic heterocycles. The van der Waals surface area contributed by atoms with Crippen molar-refractivity contribution in [3.05, 3.63) is 47.9 Å². The van der Waals surface area contributed by atoms with E-state index in [1.54, 1.807) is 0 Å². The fourth-order valence-electron chi connectivity index (χ4n) is 3.53. The van der Waals surface area contributed by atoms with Crippen LogP contribution in [0.2, 0.25) is 0 Å². The van der Waals surface area contributed by atoms with E-state index in [-0.39, 0.29) is 0 Å². The second kappa shape index (κ2) is 5.57. The number of likely N-dealkylation sites (tertiary alicyclic amines) is 1. The highest BCUT2D eigenvalue weighted by Gasteiger charge is 2.22. The summed E-state index contributed by atoms with van der Waals surface area (Å²) in [6, 6.07) is 8.48. The van der Waals surface area contributed by atoms with Crippen LogP contribution in [0.1, 0.15) is 30.0 Å². The van der Waals surface area contributed by atoms with Gasteiger partial charge < -0.3 is 0 Å². The maximum atomic E-state index is 4.71. The fraction of sp³-hybridized carbons (Fsp3) is 0.412. The molecule has 1 aliphatic heterocycles. The maximum absolute atomic E-state index is 4.71. The molecule has 0 radical (unpaired) electrons. The Balaban J connectivity index is 1.46. The van der Waals surface area contributed by atoms with Gasteiger partial charge in [0.1, 0.15) is 0 Å². The monoisotopic (exact) mass is 295 g/mol. The van der Waals surface area contributed by atoms with Crippen LogP contribution in [-0.2, 0) is 13.6 Å². The van der Waals surface area contributed by atoms with Gasteiger partial charge in [0.05, 0.1) is 17.4 Å². The molecule has 1 N–H and O–H groups in total. The SMILES string of the molecule is Cn1nc(CN2CCC(c3cn[nH]c3)CC2)c2ccccc21. The van der Waals surface area contributed by atoms with Crippen LogP contribution in [-0.4, -0.2) is 38.0 Å². The summed E-state index contributed by atoms with van der Waals surface area (Å²) in [6.45, 7) is 3.20. The molecule has 4 rings (SSSR count). The number of aromatic nitrogens is 4. The average Bonchev–Trinajstić information content (AvgIpc) is 3.18. The molecule has 1 fully saturated rings. The van der Waals surface area contributed by atoms with E-state index in [0.29, 0.717) is 5.92 Å². The molecule has 1 aromatic carbocycles. The molecule has 0 amide bonds. The van der Waals surface area contributed by atoms with Crippen molar-refractivity contribution < 1.29 is 0 Å². The molecule has 3 aromatic rings. The molecule has 0 saturated carbocycles. The van der Waals surface area contributed by atoms with Gasteiger partial charge in [-0.3, -0.25) is 14.7 Å². The number of rotatable bonds is 3. The average molecular weight is 295 g/mol. The minimum absolute atomic E-state index is 0.649. The van der Waals surface area contributed by atoms with Crippen molar-refractivity contribution in [1.29, 1.82) is 0 Å². The Hall–Kier alpha value is -2.14. The first-order chi connectivity index (χ1) is 10.8. The third kappa shape index (κ3) is 2.41. The highest BCUT2D eigenvalue weighted by Crippen LogP contribution is 2.28. The van der Waals surface area contributed by atoms with Crippen molar-refractivity contribution in [2.75, 3.05) is 13.1 Å². The smallest absolute Gasteiger partial charge is 0.0843 e. The van der Waals surface area contributed by atoms with Crippen LogP contribution < -0.4 is 0 Å². The Morgan fingerprint density at radius 2 is 2.05 bits per heavy atom. The summed E-state index contributed by atoms with van der Waals surface area (Å²) in [5.74, 6) is 0.649. The summed E-state index contributed by atoms with van der Waals surface area (Å²) < 4.78 is 1.99. The molecule has 0 bridgehead atoms. The van der Waals surface area contributed by atoms with E-state index >= 15 is 0 Å². The number of benzene rings is 1. The van der Waals surface area contributed by atoms with Crippen LogP contribution in [0.4, 0.5) is 0 Å². The molecular weight excluding hydrogens is 274 g/mol. The first-order valence-electron chi connectivity index (χ1n) is 7.93. The van der Waals surface area contributed by atoms with Gasteiger partial charge in [-0.1, -0.05) is 18.2 Å². The van der Waals surface area contributed by atoms with Gasteiger partial charge in [-0.15, -0.1) is 0 Å². The van der Waals surface area contributed by atoms with Crippen LogP contribution in [0, 0.1) is 0 Å². The molecule has 3 heterocycles. The lowest BCUT2D eigenvalue weighted by atomic mass is 9.91. The van der Waals surface area contributed by atoms with Gasteiger partial charge in [-0.05, 0) is 43.5 Å². The number of aryl methyl sites for hydroxylation is 1. The van der Waals surface area contributed by atoms with Crippen molar-refractivity contribution in [2.45, 2.75) is 25.3 Å².